The highest BCUT2D eigenvalue weighted by Gasteiger charge is 2.12. The Morgan fingerprint density at radius 3 is 2.35 bits per heavy atom. The molecule has 1 aromatic heterocycles. The SMILES string of the molecule is Cc1ccc2c(NCc3ccc(NC(=O)c4ccc(F)cc4)cc3)nc(N(C)CCCN(C)C)nc2c1. The molecule has 0 aliphatic carbocycles. The quantitative estimate of drug-likeness (QED) is 0.307. The normalized spacial score (nSPS) is 11.1. The van der Waals surface area contributed by atoms with Gasteiger partial charge in [0.15, 0.2) is 0 Å². The van der Waals surface area contributed by atoms with Crippen molar-refractivity contribution in [1.29, 1.82) is 0 Å². The topological polar surface area (TPSA) is 73.4 Å². The average molecular weight is 501 g/mol. The summed E-state index contributed by atoms with van der Waals surface area (Å²) >= 11 is 0. The minimum absolute atomic E-state index is 0.282. The van der Waals surface area contributed by atoms with Crippen LogP contribution in [0.5, 0.6) is 0 Å². The van der Waals surface area contributed by atoms with Crippen molar-refractivity contribution in [2.75, 3.05) is 49.8 Å². The fourth-order valence-corrected chi connectivity index (χ4v) is 3.95. The minimum Gasteiger partial charge on any atom is -0.365 e. The average Bonchev–Trinajstić information content (AvgIpc) is 2.87. The molecule has 0 radical (unpaired) electrons. The van der Waals surface area contributed by atoms with E-state index in [0.717, 1.165) is 47.4 Å². The maximum atomic E-state index is 13.1. The zero-order valence-electron chi connectivity index (χ0n) is 21.8. The molecule has 4 aromatic rings. The molecule has 0 unspecified atom stereocenters. The first kappa shape index (κ1) is 26.0. The lowest BCUT2D eigenvalue weighted by atomic mass is 10.1. The third-order valence-electron chi connectivity index (χ3n) is 6.06. The van der Waals surface area contributed by atoms with Crippen molar-refractivity contribution in [1.82, 2.24) is 14.9 Å². The molecule has 1 amide bonds. The summed E-state index contributed by atoms with van der Waals surface area (Å²) in [6.07, 6.45) is 1.02. The number of carbonyl (C=O) groups is 1. The summed E-state index contributed by atoms with van der Waals surface area (Å²) < 4.78 is 13.1. The van der Waals surface area contributed by atoms with Crippen molar-refractivity contribution < 1.29 is 9.18 Å². The van der Waals surface area contributed by atoms with Gasteiger partial charge in [-0.3, -0.25) is 4.79 Å². The van der Waals surface area contributed by atoms with E-state index in [1.54, 1.807) is 0 Å². The molecule has 0 fully saturated rings. The Bertz CT molecular complexity index is 1360. The molecule has 192 valence electrons. The third kappa shape index (κ3) is 7.01. The number of carbonyl (C=O) groups excluding carboxylic acids is 1. The lowest BCUT2D eigenvalue weighted by Crippen LogP contribution is -2.25. The smallest absolute Gasteiger partial charge is 0.255 e. The Labute approximate surface area is 217 Å². The number of hydrogen-bond acceptors (Lipinski definition) is 6. The van der Waals surface area contributed by atoms with E-state index in [9.17, 15) is 9.18 Å². The van der Waals surface area contributed by atoms with E-state index in [1.807, 2.05) is 31.3 Å². The first-order valence-corrected chi connectivity index (χ1v) is 12.3. The fourth-order valence-electron chi connectivity index (χ4n) is 3.95. The van der Waals surface area contributed by atoms with Gasteiger partial charge in [0.1, 0.15) is 11.6 Å². The predicted octanol–water partition coefficient (Wildman–Crippen LogP) is 5.33. The van der Waals surface area contributed by atoms with Gasteiger partial charge in [0, 0.05) is 36.8 Å². The molecule has 4 rings (SSSR count). The summed E-state index contributed by atoms with van der Waals surface area (Å²) in [7, 11) is 6.17. The molecule has 0 saturated carbocycles. The molecule has 0 bridgehead atoms. The van der Waals surface area contributed by atoms with E-state index < -0.39 is 0 Å². The third-order valence-corrected chi connectivity index (χ3v) is 6.06. The van der Waals surface area contributed by atoms with Gasteiger partial charge in [0.05, 0.1) is 5.52 Å². The second-order valence-corrected chi connectivity index (χ2v) is 9.48. The number of halogens is 1. The molecule has 2 N–H and O–H groups in total. The molecule has 8 heteroatoms. The second kappa shape index (κ2) is 11.8. The summed E-state index contributed by atoms with van der Waals surface area (Å²) in [5.74, 6) is 0.824. The van der Waals surface area contributed by atoms with Gasteiger partial charge < -0.3 is 20.4 Å². The Morgan fingerprint density at radius 2 is 1.65 bits per heavy atom. The summed E-state index contributed by atoms with van der Waals surface area (Å²) in [6.45, 7) is 4.49. The van der Waals surface area contributed by atoms with E-state index in [2.05, 4.69) is 59.7 Å². The first-order valence-electron chi connectivity index (χ1n) is 12.3. The minimum atomic E-state index is -0.372. The number of nitrogens with zero attached hydrogens (tertiary/aromatic N) is 4. The number of amides is 1. The van der Waals surface area contributed by atoms with Crippen molar-refractivity contribution in [3.63, 3.8) is 0 Å². The molecule has 0 aliphatic heterocycles. The van der Waals surface area contributed by atoms with Crippen LogP contribution in [0.4, 0.5) is 21.8 Å². The number of benzene rings is 3. The maximum absolute atomic E-state index is 13.1. The van der Waals surface area contributed by atoms with Crippen LogP contribution in [0.1, 0.15) is 27.9 Å². The molecule has 0 atom stereocenters. The summed E-state index contributed by atoms with van der Waals surface area (Å²) in [5.41, 5.74) is 4.17. The molecule has 0 spiro atoms. The summed E-state index contributed by atoms with van der Waals surface area (Å²) in [6, 6.07) is 19.3. The van der Waals surface area contributed by atoms with Gasteiger partial charge in [-0.05, 0) is 93.6 Å². The molecule has 3 aromatic carbocycles. The fraction of sp³-hybridized carbons (Fsp3) is 0.276. The number of aromatic nitrogens is 2. The molecular weight excluding hydrogens is 467 g/mol. The Hall–Kier alpha value is -4.04. The van der Waals surface area contributed by atoms with E-state index in [4.69, 9.17) is 9.97 Å². The first-order chi connectivity index (χ1) is 17.8. The Morgan fingerprint density at radius 1 is 0.919 bits per heavy atom. The van der Waals surface area contributed by atoms with Gasteiger partial charge in [-0.2, -0.15) is 4.98 Å². The van der Waals surface area contributed by atoms with Gasteiger partial charge >= 0.3 is 0 Å². The number of fused-ring (bicyclic) bond motifs is 1. The highest BCUT2D eigenvalue weighted by Crippen LogP contribution is 2.25. The molecule has 0 aliphatic rings. The van der Waals surface area contributed by atoms with Crippen LogP contribution in [0.3, 0.4) is 0 Å². The molecule has 7 nitrogen and oxygen atoms in total. The van der Waals surface area contributed by atoms with E-state index in [0.29, 0.717) is 23.7 Å². The Balaban J connectivity index is 1.45. The zero-order valence-corrected chi connectivity index (χ0v) is 21.8. The second-order valence-electron chi connectivity index (χ2n) is 9.48. The molecular formula is C29H33FN6O. The summed E-state index contributed by atoms with van der Waals surface area (Å²) in [5, 5.41) is 7.29. The number of nitrogens with one attached hydrogen (secondary N) is 2. The van der Waals surface area contributed by atoms with Crippen LogP contribution in [0, 0.1) is 12.7 Å². The highest BCUT2D eigenvalue weighted by molar-refractivity contribution is 6.04. The van der Waals surface area contributed by atoms with Crippen LogP contribution in [-0.4, -0.2) is 55.0 Å². The van der Waals surface area contributed by atoms with Gasteiger partial charge in [-0.25, -0.2) is 9.37 Å². The van der Waals surface area contributed by atoms with E-state index in [-0.39, 0.29) is 11.7 Å². The lowest BCUT2D eigenvalue weighted by molar-refractivity contribution is 0.102. The lowest BCUT2D eigenvalue weighted by Gasteiger charge is -2.20. The molecule has 1 heterocycles. The predicted molar refractivity (Wildman–Crippen MR) is 149 cm³/mol. The standard InChI is InChI=1S/C29H33FN6O/c1-20-6-15-25-26(18-20)33-29(36(4)17-5-16-35(2)3)34-27(25)31-19-21-7-13-24(14-8-21)32-28(37)22-9-11-23(30)12-10-22/h6-15,18H,5,16-17,19H2,1-4H3,(H,32,37)(H,31,33,34). The van der Waals surface area contributed by atoms with Gasteiger partial charge in [-0.15, -0.1) is 0 Å². The number of rotatable bonds is 10. The van der Waals surface area contributed by atoms with Gasteiger partial charge in [0.2, 0.25) is 5.95 Å². The maximum Gasteiger partial charge on any atom is 0.255 e. The zero-order chi connectivity index (χ0) is 26.4. The number of anilines is 3. The summed E-state index contributed by atoms with van der Waals surface area (Å²) in [4.78, 5) is 26.3. The van der Waals surface area contributed by atoms with Crippen molar-refractivity contribution >= 4 is 34.3 Å². The van der Waals surface area contributed by atoms with Crippen LogP contribution in [0.2, 0.25) is 0 Å². The highest BCUT2D eigenvalue weighted by atomic mass is 19.1. The van der Waals surface area contributed by atoms with Crippen molar-refractivity contribution in [2.45, 2.75) is 19.9 Å². The monoisotopic (exact) mass is 500 g/mol. The largest absolute Gasteiger partial charge is 0.365 e. The van der Waals surface area contributed by atoms with Crippen LogP contribution in [0.15, 0.2) is 66.7 Å². The molecule has 0 saturated heterocycles. The van der Waals surface area contributed by atoms with Crippen LogP contribution in [-0.2, 0) is 6.54 Å². The van der Waals surface area contributed by atoms with Crippen LogP contribution in [0.25, 0.3) is 10.9 Å². The van der Waals surface area contributed by atoms with Crippen molar-refractivity contribution in [2.24, 2.45) is 0 Å². The van der Waals surface area contributed by atoms with Crippen LogP contribution >= 0.6 is 0 Å². The van der Waals surface area contributed by atoms with Gasteiger partial charge in [-0.1, -0.05) is 18.2 Å². The van der Waals surface area contributed by atoms with Crippen LogP contribution < -0.4 is 15.5 Å². The van der Waals surface area contributed by atoms with E-state index in [1.165, 1.54) is 24.3 Å². The van der Waals surface area contributed by atoms with Crippen molar-refractivity contribution in [3.8, 4) is 0 Å². The number of aryl methyl sites for hydroxylation is 1. The van der Waals surface area contributed by atoms with E-state index >= 15 is 0 Å². The van der Waals surface area contributed by atoms with Gasteiger partial charge in [0.25, 0.3) is 5.91 Å². The molecule has 37 heavy (non-hydrogen) atoms. The Kier molecular flexibility index (Phi) is 8.30. The number of hydrogen-bond donors (Lipinski definition) is 2. The van der Waals surface area contributed by atoms with Crippen molar-refractivity contribution in [3.05, 3.63) is 89.2 Å².